The molecule has 1 atom stereocenters. The minimum Gasteiger partial charge on any atom is -0.456 e. The lowest BCUT2D eigenvalue weighted by atomic mass is 10.1. The van der Waals surface area contributed by atoms with Gasteiger partial charge in [0.15, 0.2) is 0 Å². The SMILES string of the molecule is Cc1cc(Oc2cccnc2)ccc1N1C(=O)Nc2c(C(=O)NC3CCCNC3)sc3nccc1c23. The molecule has 2 aliphatic rings. The highest BCUT2D eigenvalue weighted by atomic mass is 32.1. The van der Waals surface area contributed by atoms with E-state index in [-0.39, 0.29) is 18.0 Å². The quantitative estimate of drug-likeness (QED) is 0.358. The number of rotatable bonds is 5. The zero-order valence-corrected chi connectivity index (χ0v) is 20.4. The number of thiophene rings is 1. The molecule has 10 heteroatoms. The number of amides is 3. The number of nitrogens with zero attached hydrogens (tertiary/aromatic N) is 3. The molecule has 5 heterocycles. The first kappa shape index (κ1) is 22.4. The van der Waals surface area contributed by atoms with Gasteiger partial charge in [-0.2, -0.15) is 0 Å². The third kappa shape index (κ3) is 4.04. The van der Waals surface area contributed by atoms with Crippen LogP contribution in [0.3, 0.4) is 0 Å². The van der Waals surface area contributed by atoms with Crippen LogP contribution in [0.1, 0.15) is 28.1 Å². The molecule has 1 unspecified atom stereocenters. The number of ether oxygens (including phenoxy) is 1. The van der Waals surface area contributed by atoms with Crippen LogP contribution in [0.5, 0.6) is 11.5 Å². The van der Waals surface area contributed by atoms with Crippen molar-refractivity contribution in [1.82, 2.24) is 20.6 Å². The zero-order chi connectivity index (χ0) is 24.6. The van der Waals surface area contributed by atoms with Crippen molar-refractivity contribution in [3.05, 3.63) is 65.4 Å². The first-order valence-corrected chi connectivity index (χ1v) is 12.6. The molecule has 1 aromatic carbocycles. The number of pyridine rings is 2. The summed E-state index contributed by atoms with van der Waals surface area (Å²) < 4.78 is 5.90. The normalized spacial score (nSPS) is 17.1. The second-order valence-corrected chi connectivity index (χ2v) is 9.84. The van der Waals surface area contributed by atoms with Gasteiger partial charge in [-0.25, -0.2) is 9.78 Å². The smallest absolute Gasteiger partial charge is 0.331 e. The number of hydrogen-bond donors (Lipinski definition) is 3. The number of carbonyl (C=O) groups is 2. The summed E-state index contributed by atoms with van der Waals surface area (Å²) in [5, 5.41) is 10.1. The lowest BCUT2D eigenvalue weighted by molar-refractivity contribution is 0.0935. The largest absolute Gasteiger partial charge is 0.456 e. The number of hydrogen-bond acceptors (Lipinski definition) is 7. The van der Waals surface area contributed by atoms with E-state index in [4.69, 9.17) is 4.74 Å². The highest BCUT2D eigenvalue weighted by Gasteiger charge is 2.33. The van der Waals surface area contributed by atoms with Crippen LogP contribution < -0.4 is 25.6 Å². The van der Waals surface area contributed by atoms with Gasteiger partial charge >= 0.3 is 6.03 Å². The van der Waals surface area contributed by atoms with Gasteiger partial charge in [0.25, 0.3) is 5.91 Å². The van der Waals surface area contributed by atoms with Gasteiger partial charge in [-0.3, -0.25) is 14.7 Å². The van der Waals surface area contributed by atoms with E-state index in [2.05, 4.69) is 25.9 Å². The van der Waals surface area contributed by atoms with Crippen LogP contribution in [0, 0.1) is 6.92 Å². The van der Waals surface area contributed by atoms with Gasteiger partial charge in [0.2, 0.25) is 0 Å². The topological polar surface area (TPSA) is 108 Å². The first-order valence-electron chi connectivity index (χ1n) is 11.8. The maximum absolute atomic E-state index is 13.4. The van der Waals surface area contributed by atoms with Gasteiger partial charge in [-0.15, -0.1) is 11.3 Å². The Kier molecular flexibility index (Phi) is 5.74. The van der Waals surface area contributed by atoms with Crippen LogP contribution in [0.15, 0.2) is 55.0 Å². The molecule has 182 valence electrons. The Morgan fingerprint density at radius 3 is 2.89 bits per heavy atom. The number of benzene rings is 1. The summed E-state index contributed by atoms with van der Waals surface area (Å²) in [5.74, 6) is 1.09. The molecule has 0 bridgehead atoms. The van der Waals surface area contributed by atoms with Crippen molar-refractivity contribution in [1.29, 1.82) is 0 Å². The Labute approximate surface area is 211 Å². The highest BCUT2D eigenvalue weighted by Crippen LogP contribution is 2.46. The molecule has 2 aliphatic heterocycles. The number of nitrogens with one attached hydrogen (secondary N) is 3. The monoisotopic (exact) mass is 500 g/mol. The Hall–Kier alpha value is -4.02. The zero-order valence-electron chi connectivity index (χ0n) is 19.6. The lowest BCUT2D eigenvalue weighted by Gasteiger charge is -2.30. The minimum absolute atomic E-state index is 0.0712. The van der Waals surface area contributed by atoms with Crippen molar-refractivity contribution >= 4 is 50.6 Å². The molecule has 6 rings (SSSR count). The number of piperidine rings is 1. The van der Waals surface area contributed by atoms with E-state index in [0.29, 0.717) is 32.6 Å². The van der Waals surface area contributed by atoms with Gasteiger partial charge in [-0.05, 0) is 68.3 Å². The standard InChI is InChI=1S/C26H24N6O3S/c1-15-12-17(35-18-5-3-10-28-14-18)6-7-19(15)32-20-8-11-29-25-21(20)22(31-26(32)34)23(36-25)24(33)30-16-4-2-9-27-13-16/h3,5-8,10-12,14,16,27H,2,4,9,13H2,1H3,(H,30,33)(H,31,34). The highest BCUT2D eigenvalue weighted by molar-refractivity contribution is 7.21. The van der Waals surface area contributed by atoms with Gasteiger partial charge in [0, 0.05) is 25.0 Å². The van der Waals surface area contributed by atoms with Crippen molar-refractivity contribution in [2.45, 2.75) is 25.8 Å². The van der Waals surface area contributed by atoms with Crippen LogP contribution >= 0.6 is 11.3 Å². The van der Waals surface area contributed by atoms with Crippen molar-refractivity contribution in [3.63, 3.8) is 0 Å². The van der Waals surface area contributed by atoms with E-state index in [9.17, 15) is 9.59 Å². The minimum atomic E-state index is -0.328. The summed E-state index contributed by atoms with van der Waals surface area (Å²) in [6.07, 6.45) is 6.96. The third-order valence-corrected chi connectivity index (χ3v) is 7.46. The predicted molar refractivity (Wildman–Crippen MR) is 140 cm³/mol. The van der Waals surface area contributed by atoms with Gasteiger partial charge in [0.1, 0.15) is 21.2 Å². The number of carbonyl (C=O) groups excluding carboxylic acids is 2. The molecular formula is C26H24N6O3S. The van der Waals surface area contributed by atoms with Crippen molar-refractivity contribution < 1.29 is 14.3 Å². The molecule has 0 spiro atoms. The fraction of sp³-hybridized carbons (Fsp3) is 0.231. The van der Waals surface area contributed by atoms with Gasteiger partial charge in [-0.1, -0.05) is 0 Å². The average molecular weight is 501 g/mol. The third-order valence-electron chi connectivity index (χ3n) is 6.36. The Balaban J connectivity index is 1.34. The fourth-order valence-electron chi connectivity index (χ4n) is 4.70. The molecule has 0 aliphatic carbocycles. The second kappa shape index (κ2) is 9.21. The fourth-order valence-corrected chi connectivity index (χ4v) is 5.72. The summed E-state index contributed by atoms with van der Waals surface area (Å²) in [6, 6.07) is 10.8. The van der Waals surface area contributed by atoms with Crippen LogP contribution in [0.2, 0.25) is 0 Å². The molecular weight excluding hydrogens is 476 g/mol. The Morgan fingerprint density at radius 1 is 1.19 bits per heavy atom. The number of anilines is 3. The summed E-state index contributed by atoms with van der Waals surface area (Å²) in [4.78, 5) is 37.9. The Morgan fingerprint density at radius 2 is 2.11 bits per heavy atom. The van der Waals surface area contributed by atoms with Crippen LogP contribution in [-0.4, -0.2) is 41.0 Å². The second-order valence-electron chi connectivity index (χ2n) is 8.84. The van der Waals surface area contributed by atoms with Gasteiger partial charge in [0.05, 0.1) is 28.6 Å². The summed E-state index contributed by atoms with van der Waals surface area (Å²) in [7, 11) is 0. The van der Waals surface area contributed by atoms with Crippen molar-refractivity contribution in [2.75, 3.05) is 23.3 Å². The molecule has 4 aromatic rings. The summed E-state index contributed by atoms with van der Waals surface area (Å²) >= 11 is 1.30. The molecule has 36 heavy (non-hydrogen) atoms. The molecule has 0 radical (unpaired) electrons. The van der Waals surface area contributed by atoms with E-state index >= 15 is 0 Å². The van der Waals surface area contributed by atoms with E-state index < -0.39 is 0 Å². The van der Waals surface area contributed by atoms with E-state index in [1.165, 1.54) is 11.3 Å². The molecule has 3 amide bonds. The molecule has 1 saturated heterocycles. The molecule has 1 fully saturated rings. The summed E-state index contributed by atoms with van der Waals surface area (Å²) in [5.41, 5.74) is 2.79. The Bertz CT molecular complexity index is 1470. The molecule has 0 saturated carbocycles. The molecule has 9 nitrogen and oxygen atoms in total. The van der Waals surface area contributed by atoms with Gasteiger partial charge < -0.3 is 20.7 Å². The molecule has 3 N–H and O–H groups in total. The van der Waals surface area contributed by atoms with E-state index in [1.807, 2.05) is 43.3 Å². The molecule has 3 aromatic heterocycles. The van der Waals surface area contributed by atoms with E-state index in [0.717, 1.165) is 42.6 Å². The maximum atomic E-state index is 13.4. The number of urea groups is 1. The van der Waals surface area contributed by atoms with Crippen LogP contribution in [-0.2, 0) is 0 Å². The first-order chi connectivity index (χ1) is 17.6. The van der Waals surface area contributed by atoms with Crippen LogP contribution in [0.4, 0.5) is 21.9 Å². The predicted octanol–water partition coefficient (Wildman–Crippen LogP) is 4.96. The number of aryl methyl sites for hydroxylation is 1. The maximum Gasteiger partial charge on any atom is 0.331 e. The van der Waals surface area contributed by atoms with Crippen LogP contribution in [0.25, 0.3) is 10.2 Å². The van der Waals surface area contributed by atoms with Crippen molar-refractivity contribution in [3.8, 4) is 11.5 Å². The number of aromatic nitrogens is 2. The summed E-state index contributed by atoms with van der Waals surface area (Å²) in [6.45, 7) is 3.64. The average Bonchev–Trinajstić information content (AvgIpc) is 3.26. The van der Waals surface area contributed by atoms with E-state index in [1.54, 1.807) is 23.5 Å². The lowest BCUT2D eigenvalue weighted by Crippen LogP contribution is -2.45. The van der Waals surface area contributed by atoms with Crippen molar-refractivity contribution in [2.24, 2.45) is 0 Å².